The van der Waals surface area contributed by atoms with Crippen molar-refractivity contribution in [1.82, 2.24) is 0 Å². The molecule has 0 nitrogen and oxygen atoms in total. The Morgan fingerprint density at radius 2 is 0.421 bits per heavy atom. The smallest absolute Gasteiger partial charge is 0.0716 e. The molecule has 2 saturated carbocycles. The second-order valence-electron chi connectivity index (χ2n) is 4.19. The van der Waals surface area contributed by atoms with E-state index in [2.05, 4.69) is 271 Å². The fourth-order valence-corrected chi connectivity index (χ4v) is 34.7. The number of hydrogen-bond donors (Lipinski definition) is 0. The molecule has 2 aliphatic rings. The maximum absolute atomic E-state index is 2.79. The predicted molar refractivity (Wildman–Crippen MR) is 187 cm³/mol. The number of hydrogen-bond acceptors (Lipinski definition) is 0. The van der Waals surface area contributed by atoms with Gasteiger partial charge in [0, 0.05) is 0 Å². The Morgan fingerprint density at radius 1 is 0.263 bits per heavy atom. The van der Waals surface area contributed by atoms with E-state index in [0.29, 0.717) is 0 Å². The molecule has 112 valence electrons. The molecule has 0 aromatic heterocycles. The van der Waals surface area contributed by atoms with Gasteiger partial charge in [0.2, 0.25) is 0 Å². The third kappa shape index (κ3) is 2.52. The van der Waals surface area contributed by atoms with Crippen LogP contribution in [0.5, 0.6) is 0 Å². The van der Waals surface area contributed by atoms with Crippen LogP contribution in [-0.2, 0) is 0 Å². The highest BCUT2D eigenvalue weighted by Gasteiger charge is 2.99. The number of fused-ring (bicyclic) bond motifs is 2. The summed E-state index contributed by atoms with van der Waals surface area (Å²) in [5.74, 6) is 0. The van der Waals surface area contributed by atoms with Crippen LogP contribution in [0.2, 0.25) is 0 Å². The molecular weight excluding hydrogens is 1610 g/mol. The molecule has 0 N–H and O–H groups in total. The van der Waals surface area contributed by atoms with E-state index in [4.69, 9.17) is 0 Å². The van der Waals surface area contributed by atoms with Crippen molar-refractivity contribution in [2.24, 2.45) is 0 Å². The molecule has 2 rings (SSSR count). The van der Waals surface area contributed by atoms with Crippen molar-refractivity contribution in [3.63, 3.8) is 0 Å². The Labute approximate surface area is 276 Å². The summed E-state index contributed by atoms with van der Waals surface area (Å²) in [4.78, 5) is 0. The average Bonchev–Trinajstić information content (AvgIpc) is 2.32. The van der Waals surface area contributed by atoms with Crippen LogP contribution in [0.15, 0.2) is 0 Å². The van der Waals surface area contributed by atoms with Crippen molar-refractivity contribution in [2.75, 3.05) is 0 Å². The quantitative estimate of drug-likeness (QED) is 0.168. The molecule has 12 heteroatoms. The van der Waals surface area contributed by atoms with Gasteiger partial charge in [0.25, 0.3) is 0 Å². The molecule has 0 atom stereocenters. The van der Waals surface area contributed by atoms with Gasteiger partial charge in [-0.15, -0.1) is 0 Å². The van der Waals surface area contributed by atoms with Gasteiger partial charge in [-0.2, -0.15) is 0 Å². The molecule has 0 aromatic rings. The first kappa shape index (κ1) is 24.0. The minimum Gasteiger partial charge on any atom is -0.0716 e. The highest BCUT2D eigenvalue weighted by atomic mass is 127. The van der Waals surface area contributed by atoms with E-state index in [1.165, 1.54) is 0 Å². The molecule has 2 bridgehead atoms. The fourth-order valence-electron chi connectivity index (χ4n) is 2.29. The Balaban J connectivity index is 2.99. The largest absolute Gasteiger partial charge is 0.117 e. The van der Waals surface area contributed by atoms with Crippen molar-refractivity contribution in [3.05, 3.63) is 0 Å². The highest BCUT2D eigenvalue weighted by Crippen LogP contribution is 2.95. The van der Waals surface area contributed by atoms with Crippen molar-refractivity contribution < 1.29 is 0 Å². The van der Waals surface area contributed by atoms with Gasteiger partial charge < -0.3 is 0 Å². The van der Waals surface area contributed by atoms with Gasteiger partial charge in [0.05, 0.1) is 6.84 Å². The van der Waals surface area contributed by atoms with Gasteiger partial charge in [0.15, 0.2) is 0 Å². The number of alkyl halides is 12. The van der Waals surface area contributed by atoms with Crippen LogP contribution in [-0.4, -0.2) is 14.0 Å². The Morgan fingerprint density at radius 3 is 0.526 bits per heavy atom. The SMILES string of the molecule is IC1(I)C(I)(I)C2(I)C(I)(I)C(I)(I)C1(I)C2(I)I. The minimum atomic E-state index is 0.181. The van der Waals surface area contributed by atoms with Crippen LogP contribution in [0.1, 0.15) is 0 Å². The zero-order chi connectivity index (χ0) is 15.5. The van der Waals surface area contributed by atoms with Gasteiger partial charge in [0.1, 0.15) is 7.14 Å². The van der Waals surface area contributed by atoms with E-state index in [1.807, 2.05) is 0 Å². The monoisotopic (exact) mass is 1610 g/mol. The van der Waals surface area contributed by atoms with E-state index in [1.54, 1.807) is 0 Å². The van der Waals surface area contributed by atoms with Gasteiger partial charge in [-0.1, -0.05) is 271 Å². The summed E-state index contributed by atoms with van der Waals surface area (Å²) < 4.78 is 1.28. The zero-order valence-electron chi connectivity index (χ0n) is 8.04. The lowest BCUT2D eigenvalue weighted by Crippen LogP contribution is -2.68. The standard InChI is InChI=1S/C7I12/c8-1-3(10,11)2(9,6(16,17)4(1,12)13)7(18,19)5(1,14)15. The molecule has 0 unspecified atom stereocenters. The van der Waals surface area contributed by atoms with E-state index >= 15 is 0 Å². The summed E-state index contributed by atoms with van der Waals surface area (Å²) in [5.41, 5.74) is 0. The first-order valence-corrected chi connectivity index (χ1v) is 17.2. The lowest BCUT2D eigenvalue weighted by molar-refractivity contribution is 0.608. The molecule has 0 radical (unpaired) electrons. The maximum Gasteiger partial charge on any atom is 0.117 e. The van der Waals surface area contributed by atoms with Gasteiger partial charge >= 0.3 is 0 Å². The molecule has 0 spiro atoms. The van der Waals surface area contributed by atoms with Crippen molar-refractivity contribution in [3.8, 4) is 0 Å². The molecule has 19 heavy (non-hydrogen) atoms. The maximum atomic E-state index is 2.79. The van der Waals surface area contributed by atoms with Crippen LogP contribution in [0, 0.1) is 0 Å². The van der Waals surface area contributed by atoms with Crippen LogP contribution in [0.4, 0.5) is 0 Å². The third-order valence-corrected chi connectivity index (χ3v) is 45.1. The third-order valence-electron chi connectivity index (χ3n) is 3.38. The first-order valence-electron chi connectivity index (χ1n) is 4.27. The molecule has 0 amide bonds. The van der Waals surface area contributed by atoms with Gasteiger partial charge in [-0.3, -0.25) is 0 Å². The number of rotatable bonds is 0. The van der Waals surface area contributed by atoms with E-state index in [-0.39, 0.29) is 14.0 Å². The normalized spacial score (nSPS) is 47.4. The number of halogens is 12. The van der Waals surface area contributed by atoms with Gasteiger partial charge in [-0.05, 0) is 0 Å². The van der Waals surface area contributed by atoms with Crippen LogP contribution in [0.25, 0.3) is 0 Å². The summed E-state index contributed by atoms with van der Waals surface area (Å²) in [6.45, 7) is 0. The summed E-state index contributed by atoms with van der Waals surface area (Å²) >= 11 is 32.9. The van der Waals surface area contributed by atoms with Crippen molar-refractivity contribution >= 4 is 271 Å². The second kappa shape index (κ2) is 6.89. The topological polar surface area (TPSA) is 0 Å². The molecule has 2 aliphatic carbocycles. The second-order valence-corrected chi connectivity index (χ2v) is 33.9. The highest BCUT2D eigenvalue weighted by molar-refractivity contribution is 14.2. The van der Waals surface area contributed by atoms with E-state index in [0.717, 1.165) is 0 Å². The lowest BCUT2D eigenvalue weighted by atomic mass is 10.00. The summed E-state index contributed by atoms with van der Waals surface area (Å²) in [5, 5.41) is 0. The molecule has 0 aromatic carbocycles. The first-order chi connectivity index (χ1) is 8.00. The van der Waals surface area contributed by atoms with Crippen molar-refractivity contribution in [2.45, 2.75) is 14.0 Å². The van der Waals surface area contributed by atoms with Crippen LogP contribution in [0.3, 0.4) is 0 Å². The average molecular weight is 1610 g/mol. The molecule has 2 fully saturated rings. The Hall–Kier alpha value is 8.76. The Kier molecular flexibility index (Phi) is 8.72. The summed E-state index contributed by atoms with van der Waals surface area (Å²) in [6.07, 6.45) is 0. The zero-order valence-corrected chi connectivity index (χ0v) is 33.9. The van der Waals surface area contributed by atoms with E-state index < -0.39 is 0 Å². The fraction of sp³-hybridized carbons (Fsp3) is 1.00. The Bertz CT molecular complexity index is 379. The lowest BCUT2D eigenvalue weighted by Gasteiger charge is -2.56. The van der Waals surface area contributed by atoms with Crippen molar-refractivity contribution in [1.29, 1.82) is 0 Å². The minimum absolute atomic E-state index is 0.181. The predicted octanol–water partition coefficient (Wildman–Crippen LogP) is 9.19. The van der Waals surface area contributed by atoms with Gasteiger partial charge in [-0.25, -0.2) is 0 Å². The molecular formula is C7I12. The molecule has 0 heterocycles. The van der Waals surface area contributed by atoms with E-state index in [9.17, 15) is 0 Å². The summed E-state index contributed by atoms with van der Waals surface area (Å²) in [7, 11) is 0. The molecule has 0 aliphatic heterocycles. The summed E-state index contributed by atoms with van der Waals surface area (Å²) in [6, 6.07) is 0. The molecule has 0 saturated heterocycles. The van der Waals surface area contributed by atoms with Crippen LogP contribution < -0.4 is 0 Å². The van der Waals surface area contributed by atoms with Crippen LogP contribution >= 0.6 is 271 Å².